The molecule has 0 saturated heterocycles. The minimum atomic E-state index is 0.724. The zero-order chi connectivity index (χ0) is 8.39. The van der Waals surface area contributed by atoms with Crippen LogP contribution in [0.1, 0.15) is 0 Å². The molecule has 2 aromatic heterocycles. The summed E-state index contributed by atoms with van der Waals surface area (Å²) in [6.45, 7) is 0. The summed E-state index contributed by atoms with van der Waals surface area (Å²) >= 11 is 3.31. The number of thiazole rings is 1. The summed E-state index contributed by atoms with van der Waals surface area (Å²) in [5.41, 5.74) is 1.80. The fraction of sp³-hybridized carbons (Fsp3) is 0.125. The highest BCUT2D eigenvalue weighted by molar-refractivity contribution is 7.20. The molecule has 0 aliphatic rings. The van der Waals surface area contributed by atoms with Crippen molar-refractivity contribution in [2.24, 2.45) is 0 Å². The van der Waals surface area contributed by atoms with Gasteiger partial charge >= 0.3 is 0 Å². The van der Waals surface area contributed by atoms with Crippen LogP contribution in [0.5, 0.6) is 5.88 Å². The maximum Gasteiger partial charge on any atom is 0.233 e. The fourth-order valence-corrected chi connectivity index (χ4v) is 2.57. The van der Waals surface area contributed by atoms with E-state index >= 15 is 0 Å². The van der Waals surface area contributed by atoms with Crippen LogP contribution in [-0.4, -0.2) is 12.1 Å². The summed E-state index contributed by atoms with van der Waals surface area (Å²) in [4.78, 5) is 6.43. The van der Waals surface area contributed by atoms with Crippen LogP contribution in [0.2, 0.25) is 0 Å². The van der Waals surface area contributed by atoms with Crippen molar-refractivity contribution in [3.63, 3.8) is 0 Å². The lowest BCUT2D eigenvalue weighted by Crippen LogP contribution is -1.82. The Balaban J connectivity index is 2.46. The molecular formula is C8H7NOS2. The number of hydrogen-bond donors (Lipinski definition) is 0. The summed E-state index contributed by atoms with van der Waals surface area (Å²) < 4.78 is 5.12. The molecule has 0 N–H and O–H groups in total. The lowest BCUT2D eigenvalue weighted by Gasteiger charge is -1.95. The number of ether oxygens (including phenoxy) is 1. The Labute approximate surface area is 78.5 Å². The zero-order valence-corrected chi connectivity index (χ0v) is 8.11. The third-order valence-electron chi connectivity index (χ3n) is 1.47. The Bertz CT molecular complexity index is 353. The quantitative estimate of drug-likeness (QED) is 0.738. The number of hydrogen-bond acceptors (Lipinski definition) is 4. The predicted octanol–water partition coefficient (Wildman–Crippen LogP) is 2.88. The monoisotopic (exact) mass is 197 g/mol. The molecule has 2 aromatic rings. The van der Waals surface area contributed by atoms with Gasteiger partial charge in [-0.05, 0) is 11.4 Å². The molecule has 0 unspecified atom stereocenters. The second kappa shape index (κ2) is 3.25. The molecule has 0 saturated carbocycles. The minimum Gasteiger partial charge on any atom is -0.480 e. The van der Waals surface area contributed by atoms with Crippen molar-refractivity contribution in [3.05, 3.63) is 23.0 Å². The first-order chi connectivity index (χ1) is 5.92. The molecule has 2 rings (SSSR count). The number of methoxy groups -OCH3 is 1. The van der Waals surface area contributed by atoms with Gasteiger partial charge in [-0.15, -0.1) is 22.7 Å². The maximum absolute atomic E-state index is 5.12. The average molecular weight is 197 g/mol. The summed E-state index contributed by atoms with van der Waals surface area (Å²) in [5, 5.41) is 2.05. The highest BCUT2D eigenvalue weighted by Gasteiger charge is 2.08. The molecule has 0 radical (unpaired) electrons. The fourth-order valence-electron chi connectivity index (χ4n) is 0.953. The predicted molar refractivity (Wildman–Crippen MR) is 52.0 cm³/mol. The molecular weight excluding hydrogens is 190 g/mol. The van der Waals surface area contributed by atoms with Crippen LogP contribution in [0.15, 0.2) is 23.0 Å². The van der Waals surface area contributed by atoms with Gasteiger partial charge in [0.05, 0.1) is 12.6 Å². The second-order valence-electron chi connectivity index (χ2n) is 2.17. The summed E-state index contributed by atoms with van der Waals surface area (Å²) in [7, 11) is 1.64. The van der Waals surface area contributed by atoms with E-state index in [4.69, 9.17) is 4.74 Å². The van der Waals surface area contributed by atoms with E-state index in [-0.39, 0.29) is 0 Å². The Morgan fingerprint density at radius 1 is 1.42 bits per heavy atom. The van der Waals surface area contributed by atoms with E-state index in [0.717, 1.165) is 10.8 Å². The summed E-state index contributed by atoms with van der Waals surface area (Å²) in [6, 6.07) is 4.10. The Morgan fingerprint density at radius 2 is 2.33 bits per heavy atom. The van der Waals surface area contributed by atoms with Gasteiger partial charge in [0.2, 0.25) is 5.88 Å². The molecule has 62 valence electrons. The molecule has 0 spiro atoms. The molecule has 0 amide bonds. The van der Waals surface area contributed by atoms with Gasteiger partial charge in [0, 0.05) is 4.88 Å². The normalized spacial score (nSPS) is 10.1. The molecule has 4 heteroatoms. The largest absolute Gasteiger partial charge is 0.480 e. The van der Waals surface area contributed by atoms with Crippen molar-refractivity contribution in [2.75, 3.05) is 7.11 Å². The number of aromatic nitrogens is 1. The van der Waals surface area contributed by atoms with Crippen LogP contribution in [-0.2, 0) is 0 Å². The van der Waals surface area contributed by atoms with Crippen molar-refractivity contribution >= 4 is 22.7 Å². The summed E-state index contributed by atoms with van der Waals surface area (Å²) in [5.74, 6) is 0.724. The van der Waals surface area contributed by atoms with E-state index in [9.17, 15) is 0 Å². The average Bonchev–Trinajstić information content (AvgIpc) is 2.74. The second-order valence-corrected chi connectivity index (χ2v) is 3.97. The SMILES string of the molecule is COc1ncsc1-c1cccs1. The first kappa shape index (κ1) is 7.76. The van der Waals surface area contributed by atoms with Crippen LogP contribution in [0.3, 0.4) is 0 Å². The van der Waals surface area contributed by atoms with Gasteiger partial charge in [0.25, 0.3) is 0 Å². The summed E-state index contributed by atoms with van der Waals surface area (Å²) in [6.07, 6.45) is 0. The third kappa shape index (κ3) is 1.23. The van der Waals surface area contributed by atoms with E-state index in [1.165, 1.54) is 4.88 Å². The highest BCUT2D eigenvalue weighted by Crippen LogP contribution is 2.35. The molecule has 12 heavy (non-hydrogen) atoms. The van der Waals surface area contributed by atoms with Crippen molar-refractivity contribution in [1.82, 2.24) is 4.98 Å². The van der Waals surface area contributed by atoms with Gasteiger partial charge in [-0.25, -0.2) is 4.98 Å². The Hall–Kier alpha value is -0.870. The van der Waals surface area contributed by atoms with E-state index in [1.54, 1.807) is 35.3 Å². The van der Waals surface area contributed by atoms with Gasteiger partial charge in [-0.3, -0.25) is 0 Å². The van der Waals surface area contributed by atoms with Gasteiger partial charge in [-0.1, -0.05) is 6.07 Å². The van der Waals surface area contributed by atoms with Crippen LogP contribution < -0.4 is 4.74 Å². The van der Waals surface area contributed by atoms with Crippen molar-refractivity contribution in [3.8, 4) is 15.6 Å². The number of thiophene rings is 1. The van der Waals surface area contributed by atoms with Crippen LogP contribution in [0, 0.1) is 0 Å². The van der Waals surface area contributed by atoms with E-state index < -0.39 is 0 Å². The van der Waals surface area contributed by atoms with E-state index in [2.05, 4.69) is 16.4 Å². The lowest BCUT2D eigenvalue weighted by atomic mass is 10.4. The Kier molecular flexibility index (Phi) is 2.10. The van der Waals surface area contributed by atoms with Crippen molar-refractivity contribution in [1.29, 1.82) is 0 Å². The minimum absolute atomic E-state index is 0.724. The highest BCUT2D eigenvalue weighted by atomic mass is 32.1. The molecule has 0 aliphatic heterocycles. The zero-order valence-electron chi connectivity index (χ0n) is 6.48. The van der Waals surface area contributed by atoms with Crippen molar-refractivity contribution < 1.29 is 4.74 Å². The van der Waals surface area contributed by atoms with Crippen LogP contribution in [0.25, 0.3) is 9.75 Å². The van der Waals surface area contributed by atoms with Gasteiger partial charge in [0.15, 0.2) is 0 Å². The molecule has 0 bridgehead atoms. The smallest absolute Gasteiger partial charge is 0.233 e. The Morgan fingerprint density at radius 3 is 3.00 bits per heavy atom. The lowest BCUT2D eigenvalue weighted by molar-refractivity contribution is 0.402. The molecule has 0 atom stereocenters. The number of nitrogens with zero attached hydrogens (tertiary/aromatic N) is 1. The van der Waals surface area contributed by atoms with Gasteiger partial charge in [-0.2, -0.15) is 0 Å². The molecule has 2 nitrogen and oxygen atoms in total. The van der Waals surface area contributed by atoms with E-state index in [0.29, 0.717) is 0 Å². The molecule has 0 aromatic carbocycles. The van der Waals surface area contributed by atoms with Crippen LogP contribution >= 0.6 is 22.7 Å². The van der Waals surface area contributed by atoms with Gasteiger partial charge in [0.1, 0.15) is 4.88 Å². The van der Waals surface area contributed by atoms with Gasteiger partial charge < -0.3 is 4.74 Å². The molecule has 0 aliphatic carbocycles. The molecule has 2 heterocycles. The third-order valence-corrected chi connectivity index (χ3v) is 3.33. The first-order valence-electron chi connectivity index (χ1n) is 3.43. The van der Waals surface area contributed by atoms with Crippen molar-refractivity contribution in [2.45, 2.75) is 0 Å². The number of rotatable bonds is 2. The maximum atomic E-state index is 5.12. The first-order valence-corrected chi connectivity index (χ1v) is 5.19. The topological polar surface area (TPSA) is 22.1 Å². The van der Waals surface area contributed by atoms with Crippen LogP contribution in [0.4, 0.5) is 0 Å². The van der Waals surface area contributed by atoms with E-state index in [1.807, 2.05) is 6.07 Å². The molecule has 0 fully saturated rings. The standard InChI is InChI=1S/C8H7NOS2/c1-10-8-7(12-5-9-8)6-3-2-4-11-6/h2-5H,1H3.